The van der Waals surface area contributed by atoms with Crippen molar-refractivity contribution in [1.82, 2.24) is 5.32 Å². The van der Waals surface area contributed by atoms with E-state index in [2.05, 4.69) is 11.9 Å². The maximum Gasteiger partial charge on any atom is 0.253 e. The summed E-state index contributed by atoms with van der Waals surface area (Å²) in [6.45, 7) is 7.29. The SMILES string of the molecule is C=C(C)CNC(C)C(F)F. The van der Waals surface area contributed by atoms with Gasteiger partial charge in [0.05, 0.1) is 6.04 Å². The minimum absolute atomic E-state index is 0.464. The highest BCUT2D eigenvalue weighted by molar-refractivity contribution is 4.91. The Morgan fingerprint density at radius 1 is 1.60 bits per heavy atom. The van der Waals surface area contributed by atoms with Crippen LogP contribution in [0.5, 0.6) is 0 Å². The molecule has 10 heavy (non-hydrogen) atoms. The van der Waals surface area contributed by atoms with Crippen molar-refractivity contribution in [2.75, 3.05) is 6.54 Å². The van der Waals surface area contributed by atoms with Gasteiger partial charge in [-0.3, -0.25) is 0 Å². The fourth-order valence-electron chi connectivity index (χ4n) is 0.424. The van der Waals surface area contributed by atoms with E-state index in [1.807, 2.05) is 0 Å². The summed E-state index contributed by atoms with van der Waals surface area (Å²) >= 11 is 0. The first-order valence-electron chi connectivity index (χ1n) is 3.20. The van der Waals surface area contributed by atoms with Crippen molar-refractivity contribution in [2.45, 2.75) is 26.3 Å². The molecule has 0 aliphatic heterocycles. The van der Waals surface area contributed by atoms with Crippen LogP contribution in [-0.2, 0) is 0 Å². The molecule has 0 fully saturated rings. The van der Waals surface area contributed by atoms with Gasteiger partial charge in [-0.05, 0) is 13.8 Å². The van der Waals surface area contributed by atoms with Gasteiger partial charge in [-0.15, -0.1) is 0 Å². The topological polar surface area (TPSA) is 12.0 Å². The molecule has 0 rings (SSSR count). The largest absolute Gasteiger partial charge is 0.305 e. The van der Waals surface area contributed by atoms with Crippen LogP contribution in [0, 0.1) is 0 Å². The summed E-state index contributed by atoms with van der Waals surface area (Å²) in [5.74, 6) is 0. The summed E-state index contributed by atoms with van der Waals surface area (Å²) < 4.78 is 23.6. The van der Waals surface area contributed by atoms with Crippen LogP contribution in [0.1, 0.15) is 13.8 Å². The zero-order chi connectivity index (χ0) is 8.15. The van der Waals surface area contributed by atoms with Gasteiger partial charge in [0.1, 0.15) is 0 Å². The van der Waals surface area contributed by atoms with Crippen molar-refractivity contribution in [2.24, 2.45) is 0 Å². The summed E-state index contributed by atoms with van der Waals surface area (Å²) in [5.41, 5.74) is 0.868. The molecule has 0 aromatic carbocycles. The van der Waals surface area contributed by atoms with Gasteiger partial charge in [0.2, 0.25) is 0 Å². The van der Waals surface area contributed by atoms with Gasteiger partial charge in [-0.25, -0.2) is 8.78 Å². The predicted molar refractivity (Wildman–Crippen MR) is 38.3 cm³/mol. The van der Waals surface area contributed by atoms with Gasteiger partial charge < -0.3 is 5.32 Å². The maximum atomic E-state index is 11.8. The van der Waals surface area contributed by atoms with Crippen LogP contribution in [0.2, 0.25) is 0 Å². The number of rotatable bonds is 4. The lowest BCUT2D eigenvalue weighted by molar-refractivity contribution is 0.108. The third-order valence-electron chi connectivity index (χ3n) is 1.10. The Bertz CT molecular complexity index is 112. The molecule has 1 atom stereocenters. The molecule has 0 saturated carbocycles. The van der Waals surface area contributed by atoms with Crippen molar-refractivity contribution < 1.29 is 8.78 Å². The molecule has 60 valence electrons. The van der Waals surface area contributed by atoms with Crippen LogP contribution in [0.3, 0.4) is 0 Å². The molecule has 0 radical (unpaired) electrons. The molecular weight excluding hydrogens is 136 g/mol. The van der Waals surface area contributed by atoms with E-state index in [0.717, 1.165) is 5.57 Å². The second kappa shape index (κ2) is 4.39. The molecule has 3 heteroatoms. The Morgan fingerprint density at radius 2 is 2.10 bits per heavy atom. The molecule has 0 aliphatic carbocycles. The van der Waals surface area contributed by atoms with Crippen LogP contribution in [0.25, 0.3) is 0 Å². The highest BCUT2D eigenvalue weighted by Crippen LogP contribution is 1.99. The first-order valence-corrected chi connectivity index (χ1v) is 3.20. The van der Waals surface area contributed by atoms with Gasteiger partial charge in [0.15, 0.2) is 0 Å². The molecule has 0 spiro atoms. The lowest BCUT2D eigenvalue weighted by atomic mass is 10.3. The molecule has 1 unspecified atom stereocenters. The van der Waals surface area contributed by atoms with Crippen LogP contribution >= 0.6 is 0 Å². The predicted octanol–water partition coefficient (Wildman–Crippen LogP) is 1.81. The van der Waals surface area contributed by atoms with Crippen molar-refractivity contribution in [3.05, 3.63) is 12.2 Å². The van der Waals surface area contributed by atoms with Gasteiger partial charge in [-0.1, -0.05) is 12.2 Å². The van der Waals surface area contributed by atoms with E-state index in [4.69, 9.17) is 0 Å². The van der Waals surface area contributed by atoms with Crippen LogP contribution < -0.4 is 5.32 Å². The first-order chi connectivity index (χ1) is 4.54. The second-order valence-corrected chi connectivity index (χ2v) is 2.46. The van der Waals surface area contributed by atoms with E-state index in [9.17, 15) is 8.78 Å². The summed E-state index contributed by atoms with van der Waals surface area (Å²) in [7, 11) is 0. The standard InChI is InChI=1S/C7H13F2N/c1-5(2)4-10-6(3)7(8)9/h6-7,10H,1,4H2,2-3H3. The summed E-state index contributed by atoms with van der Waals surface area (Å²) in [4.78, 5) is 0. The van der Waals surface area contributed by atoms with E-state index in [-0.39, 0.29) is 0 Å². The smallest absolute Gasteiger partial charge is 0.253 e. The molecule has 0 aromatic heterocycles. The summed E-state index contributed by atoms with van der Waals surface area (Å²) in [6.07, 6.45) is -2.29. The summed E-state index contributed by atoms with van der Waals surface area (Å²) in [5, 5.41) is 2.63. The molecule has 0 bridgehead atoms. The normalized spacial score (nSPS) is 13.7. The zero-order valence-electron chi connectivity index (χ0n) is 6.32. The fourth-order valence-corrected chi connectivity index (χ4v) is 0.424. The third kappa shape index (κ3) is 4.44. The number of hydrogen-bond acceptors (Lipinski definition) is 1. The number of hydrogen-bond donors (Lipinski definition) is 1. The fraction of sp³-hybridized carbons (Fsp3) is 0.714. The van der Waals surface area contributed by atoms with E-state index >= 15 is 0 Å². The molecule has 1 nitrogen and oxygen atoms in total. The monoisotopic (exact) mass is 149 g/mol. The highest BCUT2D eigenvalue weighted by Gasteiger charge is 2.12. The van der Waals surface area contributed by atoms with E-state index in [1.165, 1.54) is 6.92 Å². The second-order valence-electron chi connectivity index (χ2n) is 2.46. The van der Waals surface area contributed by atoms with Crippen LogP contribution in [0.4, 0.5) is 8.78 Å². The van der Waals surface area contributed by atoms with Crippen molar-refractivity contribution >= 4 is 0 Å². The Hall–Kier alpha value is -0.440. The molecule has 1 N–H and O–H groups in total. The zero-order valence-corrected chi connectivity index (χ0v) is 6.32. The molecule has 0 aliphatic rings. The molecular formula is C7H13F2N. The third-order valence-corrected chi connectivity index (χ3v) is 1.10. The number of alkyl halides is 2. The molecule has 0 heterocycles. The van der Waals surface area contributed by atoms with Crippen molar-refractivity contribution in [3.63, 3.8) is 0 Å². The van der Waals surface area contributed by atoms with Gasteiger partial charge >= 0.3 is 0 Å². The van der Waals surface area contributed by atoms with Crippen molar-refractivity contribution in [1.29, 1.82) is 0 Å². The minimum atomic E-state index is -2.29. The summed E-state index contributed by atoms with van der Waals surface area (Å²) in [6, 6.07) is -0.739. The lowest BCUT2D eigenvalue weighted by Crippen LogP contribution is -2.33. The number of halogens is 2. The van der Waals surface area contributed by atoms with Crippen LogP contribution in [0.15, 0.2) is 12.2 Å². The van der Waals surface area contributed by atoms with E-state index < -0.39 is 12.5 Å². The number of nitrogens with one attached hydrogen (secondary N) is 1. The molecule has 0 saturated heterocycles. The maximum absolute atomic E-state index is 11.8. The minimum Gasteiger partial charge on any atom is -0.305 e. The quantitative estimate of drug-likeness (QED) is 0.601. The van der Waals surface area contributed by atoms with Gasteiger partial charge in [0.25, 0.3) is 6.43 Å². The Labute approximate surface area is 60.1 Å². The van der Waals surface area contributed by atoms with E-state index in [0.29, 0.717) is 6.54 Å². The molecule has 0 amide bonds. The molecule has 0 aromatic rings. The van der Waals surface area contributed by atoms with E-state index in [1.54, 1.807) is 6.92 Å². The highest BCUT2D eigenvalue weighted by atomic mass is 19.3. The lowest BCUT2D eigenvalue weighted by Gasteiger charge is -2.11. The van der Waals surface area contributed by atoms with Gasteiger partial charge in [-0.2, -0.15) is 0 Å². The Morgan fingerprint density at radius 3 is 2.40 bits per heavy atom. The van der Waals surface area contributed by atoms with Crippen molar-refractivity contribution in [3.8, 4) is 0 Å². The van der Waals surface area contributed by atoms with Gasteiger partial charge in [0, 0.05) is 6.54 Å². The average molecular weight is 149 g/mol. The Kier molecular flexibility index (Phi) is 4.19. The van der Waals surface area contributed by atoms with Crippen LogP contribution in [-0.4, -0.2) is 19.0 Å². The average Bonchev–Trinajstić information content (AvgIpc) is 1.82. The Balaban J connectivity index is 3.39. The first kappa shape index (κ1) is 9.56.